The van der Waals surface area contributed by atoms with Gasteiger partial charge in [0.2, 0.25) is 5.75 Å². The van der Waals surface area contributed by atoms with Crippen LogP contribution in [0.3, 0.4) is 0 Å². The summed E-state index contributed by atoms with van der Waals surface area (Å²) >= 11 is 3.19. The first-order valence-corrected chi connectivity index (χ1v) is 6.59. The second kappa shape index (κ2) is 5.85. The lowest BCUT2D eigenvalue weighted by molar-refractivity contribution is -0.385. The van der Waals surface area contributed by atoms with Crippen molar-refractivity contribution in [2.45, 2.75) is 13.8 Å². The lowest BCUT2D eigenvalue weighted by Crippen LogP contribution is -2.02. The predicted octanol–water partition coefficient (Wildman–Crippen LogP) is 3.43. The molecule has 8 heteroatoms. The first-order valence-electron chi connectivity index (χ1n) is 5.80. The number of hydrogen-bond acceptors (Lipinski definition) is 6. The van der Waals surface area contributed by atoms with Crippen LogP contribution in [0.15, 0.2) is 22.7 Å². The van der Waals surface area contributed by atoms with E-state index in [1.165, 1.54) is 12.1 Å². The zero-order valence-corrected chi connectivity index (χ0v) is 12.7. The second-order valence-corrected chi connectivity index (χ2v) is 5.00. The summed E-state index contributed by atoms with van der Waals surface area (Å²) in [5.41, 5.74) is 1.19. The standard InChI is InChI=1S/C13H9BrN4O3/c1-7-8(2)16-17-13(9(7)6-15)21-12-10(14)4-3-5-11(12)18(19)20/h3-5H,1-2H3. The fourth-order valence-electron chi connectivity index (χ4n) is 1.63. The number of nitro benzene ring substituents is 1. The molecule has 0 spiro atoms. The van der Waals surface area contributed by atoms with E-state index in [1.54, 1.807) is 19.9 Å². The molecule has 7 nitrogen and oxygen atoms in total. The largest absolute Gasteiger partial charge is 0.428 e. The molecule has 0 aliphatic heterocycles. The fourth-order valence-corrected chi connectivity index (χ4v) is 2.07. The molecule has 0 aliphatic carbocycles. The minimum absolute atomic E-state index is 0.0171. The van der Waals surface area contributed by atoms with E-state index in [0.29, 0.717) is 15.7 Å². The molecule has 1 aromatic carbocycles. The van der Waals surface area contributed by atoms with Crippen molar-refractivity contribution >= 4 is 21.6 Å². The van der Waals surface area contributed by atoms with Crippen LogP contribution in [0.2, 0.25) is 0 Å². The van der Waals surface area contributed by atoms with E-state index in [-0.39, 0.29) is 22.9 Å². The van der Waals surface area contributed by atoms with E-state index in [9.17, 15) is 15.4 Å². The van der Waals surface area contributed by atoms with Crippen LogP contribution in [-0.2, 0) is 0 Å². The predicted molar refractivity (Wildman–Crippen MR) is 77.1 cm³/mol. The van der Waals surface area contributed by atoms with E-state index in [1.807, 2.05) is 6.07 Å². The Bertz CT molecular complexity index is 771. The topological polar surface area (TPSA) is 102 Å². The maximum atomic E-state index is 11.0. The van der Waals surface area contributed by atoms with Crippen molar-refractivity contribution in [3.05, 3.63) is 49.6 Å². The maximum absolute atomic E-state index is 11.0. The van der Waals surface area contributed by atoms with Crippen molar-refractivity contribution in [3.63, 3.8) is 0 Å². The van der Waals surface area contributed by atoms with Crippen molar-refractivity contribution in [2.75, 3.05) is 0 Å². The minimum Gasteiger partial charge on any atom is -0.428 e. The van der Waals surface area contributed by atoms with Gasteiger partial charge >= 0.3 is 5.69 Å². The van der Waals surface area contributed by atoms with Gasteiger partial charge in [-0.15, -0.1) is 5.10 Å². The van der Waals surface area contributed by atoms with Gasteiger partial charge < -0.3 is 4.74 Å². The van der Waals surface area contributed by atoms with Crippen LogP contribution in [0.4, 0.5) is 5.69 Å². The lowest BCUT2D eigenvalue weighted by atomic mass is 10.1. The number of rotatable bonds is 3. The molecule has 0 radical (unpaired) electrons. The summed E-state index contributed by atoms with van der Waals surface area (Å²) < 4.78 is 5.86. The van der Waals surface area contributed by atoms with Gasteiger partial charge in [0.05, 0.1) is 15.1 Å². The summed E-state index contributed by atoms with van der Waals surface area (Å²) in [6.07, 6.45) is 0. The number of nitrogens with zero attached hydrogens (tertiary/aromatic N) is 4. The number of benzene rings is 1. The molecule has 0 saturated carbocycles. The van der Waals surface area contributed by atoms with Crippen LogP contribution >= 0.6 is 15.9 Å². The monoisotopic (exact) mass is 348 g/mol. The highest BCUT2D eigenvalue weighted by Gasteiger charge is 2.22. The van der Waals surface area contributed by atoms with Crippen LogP contribution in [0.25, 0.3) is 0 Å². The van der Waals surface area contributed by atoms with E-state index in [0.717, 1.165) is 0 Å². The van der Waals surface area contributed by atoms with E-state index < -0.39 is 4.92 Å². The second-order valence-electron chi connectivity index (χ2n) is 4.15. The Hall–Kier alpha value is -2.53. The zero-order valence-electron chi connectivity index (χ0n) is 11.1. The molecule has 0 unspecified atom stereocenters. The molecule has 21 heavy (non-hydrogen) atoms. The molecule has 0 atom stereocenters. The van der Waals surface area contributed by atoms with Crippen LogP contribution < -0.4 is 4.74 Å². The summed E-state index contributed by atoms with van der Waals surface area (Å²) in [5.74, 6) is -0.0767. The quantitative estimate of drug-likeness (QED) is 0.621. The number of nitriles is 1. The molecule has 0 amide bonds. The molecule has 106 valence electrons. The number of hydrogen-bond donors (Lipinski definition) is 0. The lowest BCUT2D eigenvalue weighted by Gasteiger charge is -2.10. The summed E-state index contributed by atoms with van der Waals surface area (Å²) in [6.45, 7) is 3.43. The molecule has 0 saturated heterocycles. The Labute approximate surface area is 128 Å². The summed E-state index contributed by atoms with van der Waals surface area (Å²) in [7, 11) is 0. The summed E-state index contributed by atoms with van der Waals surface area (Å²) in [6, 6.07) is 6.41. The SMILES string of the molecule is Cc1nnc(Oc2c(Br)cccc2[N+](=O)[O-])c(C#N)c1C. The molecule has 1 heterocycles. The van der Waals surface area contributed by atoms with Crippen molar-refractivity contribution < 1.29 is 9.66 Å². The van der Waals surface area contributed by atoms with Gasteiger partial charge in [-0.05, 0) is 41.4 Å². The first kappa shape index (κ1) is 14.9. The third-order valence-electron chi connectivity index (χ3n) is 2.88. The summed E-state index contributed by atoms with van der Waals surface area (Å²) in [5, 5.41) is 27.9. The Balaban J connectivity index is 2.57. The van der Waals surface area contributed by atoms with Crippen LogP contribution in [0.5, 0.6) is 11.6 Å². The zero-order chi connectivity index (χ0) is 15.6. The van der Waals surface area contributed by atoms with Crippen molar-refractivity contribution in [2.24, 2.45) is 0 Å². The van der Waals surface area contributed by atoms with Crippen LogP contribution in [0.1, 0.15) is 16.8 Å². The smallest absolute Gasteiger partial charge is 0.312 e. The van der Waals surface area contributed by atoms with Gasteiger partial charge in [0.15, 0.2) is 0 Å². The molecule has 1 aromatic heterocycles. The van der Waals surface area contributed by atoms with Gasteiger partial charge in [0.25, 0.3) is 5.88 Å². The van der Waals surface area contributed by atoms with Gasteiger partial charge in [-0.2, -0.15) is 10.4 Å². The van der Waals surface area contributed by atoms with Gasteiger partial charge in [0, 0.05) is 6.07 Å². The molecule has 0 fully saturated rings. The number of nitro groups is 1. The molecule has 0 aliphatic rings. The fraction of sp³-hybridized carbons (Fsp3) is 0.154. The van der Waals surface area contributed by atoms with Gasteiger partial charge in [-0.1, -0.05) is 6.07 Å². The van der Waals surface area contributed by atoms with Gasteiger partial charge in [0.1, 0.15) is 11.6 Å². The average Bonchev–Trinajstić information content (AvgIpc) is 2.45. The third kappa shape index (κ3) is 2.83. The van der Waals surface area contributed by atoms with E-state index in [2.05, 4.69) is 26.1 Å². The Morgan fingerprint density at radius 2 is 2.10 bits per heavy atom. The van der Waals surface area contributed by atoms with Crippen molar-refractivity contribution in [1.82, 2.24) is 10.2 Å². The number of aromatic nitrogens is 2. The normalized spacial score (nSPS) is 10.0. The molecule has 2 rings (SSSR count). The Morgan fingerprint density at radius 1 is 1.38 bits per heavy atom. The number of ether oxygens (including phenoxy) is 1. The highest BCUT2D eigenvalue weighted by atomic mass is 79.9. The average molecular weight is 349 g/mol. The molecule has 2 aromatic rings. The molecular weight excluding hydrogens is 340 g/mol. The van der Waals surface area contributed by atoms with Gasteiger partial charge in [-0.3, -0.25) is 10.1 Å². The number of para-hydroxylation sites is 1. The van der Waals surface area contributed by atoms with Crippen LogP contribution in [0, 0.1) is 35.3 Å². The highest BCUT2D eigenvalue weighted by molar-refractivity contribution is 9.10. The first-order chi connectivity index (χ1) is 9.95. The minimum atomic E-state index is -0.569. The number of halogens is 1. The summed E-state index contributed by atoms with van der Waals surface area (Å²) in [4.78, 5) is 10.5. The van der Waals surface area contributed by atoms with Gasteiger partial charge in [-0.25, -0.2) is 0 Å². The number of aryl methyl sites for hydroxylation is 1. The third-order valence-corrected chi connectivity index (χ3v) is 3.50. The van der Waals surface area contributed by atoms with E-state index in [4.69, 9.17) is 4.74 Å². The molecule has 0 bridgehead atoms. The Kier molecular flexibility index (Phi) is 4.14. The molecular formula is C13H9BrN4O3. The molecule has 0 N–H and O–H groups in total. The maximum Gasteiger partial charge on any atom is 0.312 e. The Morgan fingerprint density at radius 3 is 2.71 bits per heavy atom. The highest BCUT2D eigenvalue weighted by Crippen LogP contribution is 2.38. The van der Waals surface area contributed by atoms with Crippen molar-refractivity contribution in [1.29, 1.82) is 5.26 Å². The van der Waals surface area contributed by atoms with E-state index >= 15 is 0 Å². The van der Waals surface area contributed by atoms with Crippen LogP contribution in [-0.4, -0.2) is 15.1 Å². The van der Waals surface area contributed by atoms with Crippen molar-refractivity contribution in [3.8, 4) is 17.7 Å².